The van der Waals surface area contributed by atoms with Gasteiger partial charge >= 0.3 is 0 Å². The van der Waals surface area contributed by atoms with Gasteiger partial charge in [0, 0.05) is 22.3 Å². The van der Waals surface area contributed by atoms with E-state index in [-0.39, 0.29) is 0 Å². The van der Waals surface area contributed by atoms with Gasteiger partial charge in [-0.15, -0.1) is 0 Å². The lowest BCUT2D eigenvalue weighted by molar-refractivity contribution is 0.473. The summed E-state index contributed by atoms with van der Waals surface area (Å²) >= 11 is 3.36. The molecule has 0 radical (unpaired) electrons. The molecule has 0 spiro atoms. The zero-order valence-electron chi connectivity index (χ0n) is 9.21. The Morgan fingerprint density at radius 3 is 2.65 bits per heavy atom. The van der Waals surface area contributed by atoms with E-state index >= 15 is 0 Å². The molecule has 4 heteroatoms. The van der Waals surface area contributed by atoms with Crippen LogP contribution in [0.25, 0.3) is 0 Å². The maximum Gasteiger partial charge on any atom is 0.132 e. The highest BCUT2D eigenvalue weighted by Crippen LogP contribution is 2.29. The Bertz CT molecular complexity index is 537. The summed E-state index contributed by atoms with van der Waals surface area (Å²) in [5.41, 5.74) is 6.86. The standard InChI is InChI=1S/C13H11BrFNO/c1-8-2-3-9(14)4-13(8)17-12-6-10(15)5-11(16)7-12/h2-7H,16H2,1H3. The fourth-order valence-electron chi connectivity index (χ4n) is 1.45. The second-order valence-corrected chi connectivity index (χ2v) is 4.65. The minimum atomic E-state index is -0.410. The summed E-state index contributed by atoms with van der Waals surface area (Å²) in [4.78, 5) is 0. The van der Waals surface area contributed by atoms with E-state index in [4.69, 9.17) is 10.5 Å². The molecule has 0 unspecified atom stereocenters. The van der Waals surface area contributed by atoms with E-state index in [9.17, 15) is 4.39 Å². The highest BCUT2D eigenvalue weighted by Gasteiger charge is 2.04. The van der Waals surface area contributed by atoms with Crippen LogP contribution >= 0.6 is 15.9 Å². The van der Waals surface area contributed by atoms with Gasteiger partial charge in [0.2, 0.25) is 0 Å². The number of benzene rings is 2. The van der Waals surface area contributed by atoms with Crippen molar-refractivity contribution in [1.29, 1.82) is 0 Å². The van der Waals surface area contributed by atoms with Crippen molar-refractivity contribution in [2.75, 3.05) is 5.73 Å². The van der Waals surface area contributed by atoms with Crippen molar-refractivity contribution >= 4 is 21.6 Å². The summed E-state index contributed by atoms with van der Waals surface area (Å²) in [5, 5.41) is 0. The van der Waals surface area contributed by atoms with Crippen molar-refractivity contribution in [1.82, 2.24) is 0 Å². The third-order valence-electron chi connectivity index (χ3n) is 2.27. The van der Waals surface area contributed by atoms with Crippen LogP contribution in [0.3, 0.4) is 0 Å². The summed E-state index contributed by atoms with van der Waals surface area (Å²) in [6, 6.07) is 9.81. The number of halogens is 2. The molecule has 0 bridgehead atoms. The average molecular weight is 296 g/mol. The fraction of sp³-hybridized carbons (Fsp3) is 0.0769. The molecule has 0 fully saturated rings. The fourth-order valence-corrected chi connectivity index (χ4v) is 1.79. The first-order valence-electron chi connectivity index (χ1n) is 5.04. The van der Waals surface area contributed by atoms with Crippen molar-refractivity contribution < 1.29 is 9.13 Å². The van der Waals surface area contributed by atoms with Gasteiger partial charge in [0.15, 0.2) is 0 Å². The maximum absolute atomic E-state index is 13.1. The van der Waals surface area contributed by atoms with Crippen molar-refractivity contribution in [3.63, 3.8) is 0 Å². The molecule has 0 aliphatic heterocycles. The van der Waals surface area contributed by atoms with Crippen LogP contribution in [0.1, 0.15) is 5.56 Å². The molecular formula is C13H11BrFNO. The molecule has 88 valence electrons. The van der Waals surface area contributed by atoms with Gasteiger partial charge in [-0.1, -0.05) is 22.0 Å². The van der Waals surface area contributed by atoms with E-state index in [0.717, 1.165) is 10.0 Å². The Morgan fingerprint density at radius 1 is 1.18 bits per heavy atom. The van der Waals surface area contributed by atoms with Gasteiger partial charge in [0.1, 0.15) is 17.3 Å². The van der Waals surface area contributed by atoms with Crippen LogP contribution < -0.4 is 10.5 Å². The molecule has 2 N–H and O–H groups in total. The van der Waals surface area contributed by atoms with Gasteiger partial charge in [-0.3, -0.25) is 0 Å². The molecule has 0 aliphatic carbocycles. The second kappa shape index (κ2) is 4.75. The topological polar surface area (TPSA) is 35.2 Å². The summed E-state index contributed by atoms with van der Waals surface area (Å²) in [6.07, 6.45) is 0. The Labute approximate surface area is 107 Å². The number of ether oxygens (including phenoxy) is 1. The predicted octanol–water partition coefficient (Wildman–Crippen LogP) is 4.27. The quantitative estimate of drug-likeness (QED) is 0.840. The van der Waals surface area contributed by atoms with Crippen LogP contribution in [0.2, 0.25) is 0 Å². The predicted molar refractivity (Wildman–Crippen MR) is 69.8 cm³/mol. The zero-order chi connectivity index (χ0) is 12.4. The number of nitrogens with two attached hydrogens (primary N) is 1. The Balaban J connectivity index is 2.34. The van der Waals surface area contributed by atoms with E-state index in [0.29, 0.717) is 17.2 Å². The van der Waals surface area contributed by atoms with Gasteiger partial charge < -0.3 is 10.5 Å². The molecule has 0 saturated heterocycles. The van der Waals surface area contributed by atoms with Gasteiger partial charge in [-0.2, -0.15) is 0 Å². The first-order chi connectivity index (χ1) is 8.04. The van der Waals surface area contributed by atoms with Crippen LogP contribution in [0.4, 0.5) is 10.1 Å². The van der Waals surface area contributed by atoms with Crippen molar-refractivity contribution in [2.45, 2.75) is 6.92 Å². The van der Waals surface area contributed by atoms with E-state index in [1.54, 1.807) is 6.07 Å². The molecule has 17 heavy (non-hydrogen) atoms. The summed E-state index contributed by atoms with van der Waals surface area (Å²) in [7, 11) is 0. The van der Waals surface area contributed by atoms with Crippen molar-refractivity contribution in [3.8, 4) is 11.5 Å². The van der Waals surface area contributed by atoms with Crippen LogP contribution in [0, 0.1) is 12.7 Å². The summed E-state index contributed by atoms with van der Waals surface area (Å²) in [6.45, 7) is 1.92. The molecule has 2 aromatic rings. The zero-order valence-corrected chi connectivity index (χ0v) is 10.8. The average Bonchev–Trinajstić information content (AvgIpc) is 2.22. The number of aryl methyl sites for hydroxylation is 1. The van der Waals surface area contributed by atoms with Crippen LogP contribution in [-0.2, 0) is 0 Å². The molecular weight excluding hydrogens is 285 g/mol. The van der Waals surface area contributed by atoms with Crippen LogP contribution in [0.15, 0.2) is 40.9 Å². The van der Waals surface area contributed by atoms with E-state index < -0.39 is 5.82 Å². The normalized spacial score (nSPS) is 10.3. The van der Waals surface area contributed by atoms with Gasteiger partial charge in [-0.25, -0.2) is 4.39 Å². The van der Waals surface area contributed by atoms with Crippen molar-refractivity contribution in [2.24, 2.45) is 0 Å². The van der Waals surface area contributed by atoms with E-state index in [2.05, 4.69) is 15.9 Å². The largest absolute Gasteiger partial charge is 0.457 e. The molecule has 0 heterocycles. The number of nitrogen functional groups attached to an aromatic ring is 1. The second-order valence-electron chi connectivity index (χ2n) is 3.73. The van der Waals surface area contributed by atoms with E-state index in [1.807, 2.05) is 25.1 Å². The Morgan fingerprint density at radius 2 is 1.94 bits per heavy atom. The van der Waals surface area contributed by atoms with Gasteiger partial charge in [0.05, 0.1) is 0 Å². The minimum absolute atomic E-state index is 0.340. The summed E-state index contributed by atoms with van der Waals surface area (Å²) in [5.74, 6) is 0.653. The molecule has 0 atom stereocenters. The minimum Gasteiger partial charge on any atom is -0.457 e. The third kappa shape index (κ3) is 2.97. The highest BCUT2D eigenvalue weighted by atomic mass is 79.9. The maximum atomic E-state index is 13.1. The lowest BCUT2D eigenvalue weighted by Gasteiger charge is -2.09. The molecule has 2 rings (SSSR count). The van der Waals surface area contributed by atoms with Crippen molar-refractivity contribution in [3.05, 3.63) is 52.3 Å². The lowest BCUT2D eigenvalue weighted by atomic mass is 10.2. The number of anilines is 1. The smallest absolute Gasteiger partial charge is 0.132 e. The molecule has 2 aromatic carbocycles. The Kier molecular flexibility index (Phi) is 3.33. The van der Waals surface area contributed by atoms with Crippen LogP contribution in [0.5, 0.6) is 11.5 Å². The first kappa shape index (κ1) is 11.9. The third-order valence-corrected chi connectivity index (χ3v) is 2.76. The molecule has 0 saturated carbocycles. The number of hydrogen-bond acceptors (Lipinski definition) is 2. The van der Waals surface area contributed by atoms with Crippen LogP contribution in [-0.4, -0.2) is 0 Å². The molecule has 2 nitrogen and oxygen atoms in total. The SMILES string of the molecule is Cc1ccc(Br)cc1Oc1cc(N)cc(F)c1. The van der Waals surface area contributed by atoms with Gasteiger partial charge in [0.25, 0.3) is 0 Å². The lowest BCUT2D eigenvalue weighted by Crippen LogP contribution is -1.91. The Hall–Kier alpha value is -1.55. The van der Waals surface area contributed by atoms with Gasteiger partial charge in [-0.05, 0) is 30.7 Å². The molecule has 0 aromatic heterocycles. The first-order valence-corrected chi connectivity index (χ1v) is 5.84. The summed E-state index contributed by atoms with van der Waals surface area (Å²) < 4.78 is 19.6. The highest BCUT2D eigenvalue weighted by molar-refractivity contribution is 9.10. The molecule has 0 amide bonds. The molecule has 0 aliphatic rings. The number of hydrogen-bond donors (Lipinski definition) is 1. The monoisotopic (exact) mass is 295 g/mol. The van der Waals surface area contributed by atoms with E-state index in [1.165, 1.54) is 12.1 Å². The number of rotatable bonds is 2.